The van der Waals surface area contributed by atoms with Gasteiger partial charge in [-0.25, -0.2) is 0 Å². The molecule has 0 amide bonds. The van der Waals surface area contributed by atoms with E-state index in [4.69, 9.17) is 13.1 Å². The van der Waals surface area contributed by atoms with E-state index in [0.29, 0.717) is 6.42 Å². The number of nitrogens with zero attached hydrogens (tertiary/aromatic N) is 1. The van der Waals surface area contributed by atoms with Gasteiger partial charge in [0.25, 0.3) is 0 Å². The van der Waals surface area contributed by atoms with Gasteiger partial charge in [0.2, 0.25) is 0 Å². The van der Waals surface area contributed by atoms with Crippen molar-refractivity contribution < 1.29 is 11.0 Å². The van der Waals surface area contributed by atoms with E-state index in [-0.39, 0.29) is 11.0 Å². The fraction of sp³-hybridized carbons (Fsp3) is 0.222. The number of hydrogen-bond acceptors (Lipinski definition) is 3. The zero-order valence-electron chi connectivity index (χ0n) is 7.14. The molecule has 0 heterocycles. The Hall–Kier alpha value is -1.31. The molecule has 0 bridgehead atoms. The molecule has 0 fully saturated rings. The maximum Gasteiger partial charge on any atom is -0.870 e. The minimum Gasteiger partial charge on any atom is -0.870 e. The van der Waals surface area contributed by atoms with Gasteiger partial charge in [-0.15, -0.1) is 0 Å². The first kappa shape index (κ1) is 14.2. The van der Waals surface area contributed by atoms with Crippen molar-refractivity contribution >= 4 is 13.3 Å². The predicted molar refractivity (Wildman–Crippen MR) is 49.6 cm³/mol. The molecule has 0 aliphatic heterocycles. The molecule has 0 unspecified atom stereocenters. The topological polar surface area (TPSA) is 83.8 Å². The van der Waals surface area contributed by atoms with Gasteiger partial charge in [0.05, 0.1) is 0 Å². The van der Waals surface area contributed by atoms with Gasteiger partial charge in [-0.1, -0.05) is 0 Å². The summed E-state index contributed by atoms with van der Waals surface area (Å²) < 4.78 is 0. The van der Waals surface area contributed by atoms with Crippen molar-refractivity contribution in [2.75, 3.05) is 0 Å². The van der Waals surface area contributed by atoms with Crippen molar-refractivity contribution in [2.24, 2.45) is 0 Å². The second-order valence-corrected chi connectivity index (χ2v) is 2.40. The van der Waals surface area contributed by atoms with Crippen LogP contribution in [0.15, 0.2) is 24.3 Å². The zero-order chi connectivity index (χ0) is 8.10. The number of hydrogen-bond donors (Lipinski definition) is 0. The molecule has 0 spiro atoms. The van der Waals surface area contributed by atoms with E-state index in [2.05, 4.69) is 6.07 Å². The van der Waals surface area contributed by atoms with Gasteiger partial charge in [0, 0.05) is 0 Å². The summed E-state index contributed by atoms with van der Waals surface area (Å²) >= 11 is 0. The smallest absolute Gasteiger partial charge is 0.870 e. The molecule has 0 aromatic heterocycles. The summed E-state index contributed by atoms with van der Waals surface area (Å²) in [4.78, 5) is 0. The molecule has 66 valence electrons. The van der Waals surface area contributed by atoms with Crippen LogP contribution in [0.1, 0.15) is 12.0 Å². The van der Waals surface area contributed by atoms with Gasteiger partial charge in [0.1, 0.15) is 0 Å². The van der Waals surface area contributed by atoms with Crippen LogP contribution in [-0.2, 0) is 6.42 Å². The Balaban J connectivity index is 0. The molecular weight excluding hydrogens is 165 g/mol. The van der Waals surface area contributed by atoms with Crippen molar-refractivity contribution in [2.45, 2.75) is 12.8 Å². The van der Waals surface area contributed by atoms with E-state index in [1.54, 1.807) is 0 Å². The van der Waals surface area contributed by atoms with Crippen molar-refractivity contribution in [3.05, 3.63) is 29.8 Å². The molecular formula is C9H10BNO2. The van der Waals surface area contributed by atoms with Crippen LogP contribution in [0.3, 0.4) is 0 Å². The third-order valence-electron chi connectivity index (χ3n) is 1.48. The van der Waals surface area contributed by atoms with E-state index in [1.165, 1.54) is 0 Å². The third kappa shape index (κ3) is 5.02. The van der Waals surface area contributed by atoms with Crippen LogP contribution in [0.25, 0.3) is 0 Å². The van der Waals surface area contributed by atoms with E-state index in [0.717, 1.165) is 17.4 Å². The largest absolute Gasteiger partial charge is 0.870 e. The van der Waals surface area contributed by atoms with Crippen LogP contribution < -0.4 is 5.46 Å². The molecule has 0 saturated heterocycles. The minimum absolute atomic E-state index is 0. The summed E-state index contributed by atoms with van der Waals surface area (Å²) in [6, 6.07) is 9.72. The van der Waals surface area contributed by atoms with Crippen molar-refractivity contribution in [1.29, 1.82) is 5.26 Å². The molecule has 0 radical (unpaired) electrons. The standard InChI is InChI=1S/C9H8BN.2H2O/c10-9-5-1-3-8(7-9)4-2-6-11;;/h1,3,5,7H,2,4H2;2*1H2/q+2;;/p-2. The first-order valence-electron chi connectivity index (χ1n) is 3.54. The SMILES string of the molecule is [B+2]c1cccc(CCC#N)c1.[OH-].[OH-]. The third-order valence-corrected chi connectivity index (χ3v) is 1.48. The normalized spacial score (nSPS) is 7.77. The second-order valence-electron chi connectivity index (χ2n) is 2.40. The monoisotopic (exact) mass is 175 g/mol. The van der Waals surface area contributed by atoms with Crippen LogP contribution in [0.5, 0.6) is 0 Å². The maximum atomic E-state index is 8.32. The van der Waals surface area contributed by atoms with Crippen molar-refractivity contribution in [3.63, 3.8) is 0 Å². The Labute approximate surface area is 79.0 Å². The van der Waals surface area contributed by atoms with E-state index in [9.17, 15) is 0 Å². The van der Waals surface area contributed by atoms with Crippen molar-refractivity contribution in [1.82, 2.24) is 0 Å². The number of nitriles is 1. The van der Waals surface area contributed by atoms with Gasteiger partial charge >= 0.3 is 67.3 Å². The summed E-state index contributed by atoms with van der Waals surface area (Å²) in [7, 11) is 5.55. The summed E-state index contributed by atoms with van der Waals surface area (Å²) in [5, 5.41) is 8.32. The molecule has 0 saturated carbocycles. The predicted octanol–water partition coefficient (Wildman–Crippen LogP) is 0.583. The Bertz CT molecular complexity index is 283. The fourth-order valence-electron chi connectivity index (χ4n) is 0.949. The second kappa shape index (κ2) is 7.35. The molecule has 0 aliphatic rings. The Morgan fingerprint density at radius 2 is 2.00 bits per heavy atom. The van der Waals surface area contributed by atoms with E-state index in [1.807, 2.05) is 24.3 Å². The van der Waals surface area contributed by atoms with Crippen LogP contribution >= 0.6 is 0 Å². The van der Waals surface area contributed by atoms with E-state index >= 15 is 0 Å². The van der Waals surface area contributed by atoms with Gasteiger partial charge in [-0.3, -0.25) is 0 Å². The number of rotatable bonds is 2. The fourth-order valence-corrected chi connectivity index (χ4v) is 0.949. The summed E-state index contributed by atoms with van der Waals surface area (Å²) in [6.45, 7) is 0. The zero-order valence-corrected chi connectivity index (χ0v) is 7.14. The van der Waals surface area contributed by atoms with Crippen LogP contribution in [0.2, 0.25) is 0 Å². The Morgan fingerprint density at radius 1 is 1.31 bits per heavy atom. The van der Waals surface area contributed by atoms with Crippen molar-refractivity contribution in [3.8, 4) is 6.07 Å². The van der Waals surface area contributed by atoms with Gasteiger partial charge in [-0.2, -0.15) is 0 Å². The summed E-state index contributed by atoms with van der Waals surface area (Å²) in [5.41, 5.74) is 1.90. The van der Waals surface area contributed by atoms with Crippen LogP contribution in [-0.4, -0.2) is 18.8 Å². The quantitative estimate of drug-likeness (QED) is 0.616. The van der Waals surface area contributed by atoms with Crippen LogP contribution in [0, 0.1) is 11.3 Å². The molecule has 4 heteroatoms. The van der Waals surface area contributed by atoms with E-state index < -0.39 is 0 Å². The molecule has 13 heavy (non-hydrogen) atoms. The molecule has 0 atom stereocenters. The first-order chi connectivity index (χ1) is 5.33. The average molecular weight is 175 g/mol. The maximum absolute atomic E-state index is 8.32. The Kier molecular flexibility index (Phi) is 8.05. The summed E-state index contributed by atoms with van der Waals surface area (Å²) in [5.74, 6) is 0. The average Bonchev–Trinajstić information content (AvgIpc) is 2.01. The first-order valence-corrected chi connectivity index (χ1v) is 3.54. The van der Waals surface area contributed by atoms with Gasteiger partial charge < -0.3 is 11.0 Å². The number of aryl methyl sites for hydroxylation is 1. The van der Waals surface area contributed by atoms with Crippen LogP contribution in [0.4, 0.5) is 0 Å². The summed E-state index contributed by atoms with van der Waals surface area (Å²) in [6.07, 6.45) is 1.35. The van der Waals surface area contributed by atoms with Gasteiger partial charge in [-0.05, 0) is 0 Å². The molecule has 3 nitrogen and oxygen atoms in total. The molecule has 1 aromatic carbocycles. The van der Waals surface area contributed by atoms with Gasteiger partial charge in [0.15, 0.2) is 0 Å². The molecule has 1 aromatic rings. The number of benzene rings is 1. The molecule has 2 N–H and O–H groups in total. The Morgan fingerprint density at radius 3 is 2.54 bits per heavy atom. The minimum atomic E-state index is 0. The molecule has 0 aliphatic carbocycles. The molecule has 1 rings (SSSR count).